The van der Waals surface area contributed by atoms with Crippen molar-refractivity contribution in [1.82, 2.24) is 20.1 Å². The normalized spacial score (nSPS) is 16.4. The van der Waals surface area contributed by atoms with Crippen LogP contribution in [0.4, 0.5) is 4.79 Å². The maximum Gasteiger partial charge on any atom is 0.404 e. The number of carbonyl (C=O) groups is 3. The third-order valence-electron chi connectivity index (χ3n) is 6.89. The molecule has 0 saturated carbocycles. The van der Waals surface area contributed by atoms with Crippen molar-refractivity contribution < 1.29 is 19.5 Å². The first kappa shape index (κ1) is 26.7. The number of nitrogens with one attached hydrogen (secondary N) is 2. The van der Waals surface area contributed by atoms with E-state index in [1.165, 1.54) is 12.6 Å². The molecule has 1 aromatic heterocycles. The Morgan fingerprint density at radius 1 is 1.14 bits per heavy atom. The zero-order chi connectivity index (χ0) is 26.4. The summed E-state index contributed by atoms with van der Waals surface area (Å²) in [6.45, 7) is 3.97. The number of carboxylic acid groups (broad SMARTS) is 1. The van der Waals surface area contributed by atoms with E-state index in [2.05, 4.69) is 49.3 Å². The maximum atomic E-state index is 13.3. The third-order valence-corrected chi connectivity index (χ3v) is 7.42. The highest BCUT2D eigenvalue weighted by Crippen LogP contribution is 2.32. The van der Waals surface area contributed by atoms with Crippen molar-refractivity contribution in [1.29, 1.82) is 0 Å². The van der Waals surface area contributed by atoms with Gasteiger partial charge in [-0.3, -0.25) is 9.59 Å². The minimum Gasteiger partial charge on any atom is -0.465 e. The van der Waals surface area contributed by atoms with Gasteiger partial charge >= 0.3 is 6.09 Å². The quantitative estimate of drug-likeness (QED) is 0.353. The van der Waals surface area contributed by atoms with Crippen LogP contribution in [-0.4, -0.2) is 58.2 Å². The number of hydrogen-bond donors (Lipinski definition) is 3. The van der Waals surface area contributed by atoms with E-state index in [9.17, 15) is 19.5 Å². The summed E-state index contributed by atoms with van der Waals surface area (Å²) < 4.78 is 3.20. The van der Waals surface area contributed by atoms with Crippen LogP contribution in [0.15, 0.2) is 59.1 Å². The van der Waals surface area contributed by atoms with Gasteiger partial charge in [0.2, 0.25) is 11.8 Å². The van der Waals surface area contributed by atoms with E-state index in [-0.39, 0.29) is 24.2 Å². The summed E-state index contributed by atoms with van der Waals surface area (Å²) in [6, 6.07) is 17.6. The molecule has 1 unspecified atom stereocenters. The number of aromatic nitrogens is 1. The average molecular weight is 570 g/mol. The van der Waals surface area contributed by atoms with Gasteiger partial charge in [-0.25, -0.2) is 4.79 Å². The van der Waals surface area contributed by atoms with Gasteiger partial charge in [0.05, 0.1) is 0 Å². The molecule has 2 heterocycles. The molecule has 1 aliphatic rings. The molecule has 1 fully saturated rings. The summed E-state index contributed by atoms with van der Waals surface area (Å²) in [5, 5.41) is 15.9. The second-order valence-corrected chi connectivity index (χ2v) is 10.5. The molecule has 0 radical (unpaired) electrons. The smallest absolute Gasteiger partial charge is 0.404 e. The zero-order valence-corrected chi connectivity index (χ0v) is 22.5. The molecule has 3 aromatic rings. The van der Waals surface area contributed by atoms with Crippen molar-refractivity contribution in [3.8, 4) is 0 Å². The SMILES string of the molecule is CC(=O)NCCn1c(C2CCCN(C(=O)C[C@@H](Cc3ccc(Br)cc3)NC(=O)O)C2)cc2ccccc21. The number of halogens is 1. The Morgan fingerprint density at radius 3 is 2.62 bits per heavy atom. The molecule has 2 atom stereocenters. The van der Waals surface area contributed by atoms with E-state index in [1.54, 1.807) is 0 Å². The summed E-state index contributed by atoms with van der Waals surface area (Å²) >= 11 is 3.41. The van der Waals surface area contributed by atoms with Crippen LogP contribution < -0.4 is 10.6 Å². The second kappa shape index (κ2) is 12.3. The summed E-state index contributed by atoms with van der Waals surface area (Å²) in [5.41, 5.74) is 3.25. The van der Waals surface area contributed by atoms with Crippen LogP contribution in [0.2, 0.25) is 0 Å². The molecule has 3 amide bonds. The Bertz CT molecular complexity index is 1260. The number of piperidine rings is 1. The Labute approximate surface area is 225 Å². The fourth-order valence-electron chi connectivity index (χ4n) is 5.20. The highest BCUT2D eigenvalue weighted by atomic mass is 79.9. The fourth-order valence-corrected chi connectivity index (χ4v) is 5.47. The molecule has 8 nitrogen and oxygen atoms in total. The summed E-state index contributed by atoms with van der Waals surface area (Å²) in [7, 11) is 0. The molecule has 9 heteroatoms. The van der Waals surface area contributed by atoms with E-state index >= 15 is 0 Å². The lowest BCUT2D eigenvalue weighted by molar-refractivity contribution is -0.133. The Kier molecular flexibility index (Phi) is 8.87. The lowest BCUT2D eigenvalue weighted by atomic mass is 9.93. The van der Waals surface area contributed by atoms with Crippen LogP contribution in [0.5, 0.6) is 0 Å². The molecule has 0 spiro atoms. The van der Waals surface area contributed by atoms with Crippen LogP contribution >= 0.6 is 15.9 Å². The van der Waals surface area contributed by atoms with Crippen molar-refractivity contribution in [2.75, 3.05) is 19.6 Å². The number of nitrogens with zero attached hydrogens (tertiary/aromatic N) is 2. The topological polar surface area (TPSA) is 104 Å². The van der Waals surface area contributed by atoms with Gasteiger partial charge in [0, 0.05) is 67.2 Å². The van der Waals surface area contributed by atoms with Gasteiger partial charge in [-0.05, 0) is 54.5 Å². The van der Waals surface area contributed by atoms with Crippen molar-refractivity contribution in [2.45, 2.75) is 51.1 Å². The van der Waals surface area contributed by atoms with Crippen molar-refractivity contribution in [2.24, 2.45) is 0 Å². The molecule has 1 aliphatic heterocycles. The summed E-state index contributed by atoms with van der Waals surface area (Å²) in [5.74, 6) is 0.0707. The van der Waals surface area contributed by atoms with Gasteiger partial charge < -0.3 is 25.2 Å². The van der Waals surface area contributed by atoms with Crippen LogP contribution in [0.1, 0.15) is 43.4 Å². The number of fused-ring (bicyclic) bond motifs is 1. The fraction of sp³-hybridized carbons (Fsp3) is 0.393. The molecule has 0 bridgehead atoms. The van der Waals surface area contributed by atoms with Crippen LogP contribution in [-0.2, 0) is 22.6 Å². The van der Waals surface area contributed by atoms with E-state index < -0.39 is 12.1 Å². The van der Waals surface area contributed by atoms with Crippen molar-refractivity contribution in [3.05, 3.63) is 70.3 Å². The van der Waals surface area contributed by atoms with Gasteiger partial charge in [-0.1, -0.05) is 46.3 Å². The monoisotopic (exact) mass is 568 g/mol. The number of benzene rings is 2. The first-order valence-electron chi connectivity index (χ1n) is 12.6. The molecule has 1 saturated heterocycles. The number of para-hydroxylation sites is 1. The maximum absolute atomic E-state index is 13.3. The first-order valence-corrected chi connectivity index (χ1v) is 13.4. The molecule has 196 valence electrons. The van der Waals surface area contributed by atoms with Crippen LogP contribution in [0.25, 0.3) is 10.9 Å². The van der Waals surface area contributed by atoms with Gasteiger partial charge in [0.1, 0.15) is 0 Å². The van der Waals surface area contributed by atoms with Gasteiger partial charge in [0.15, 0.2) is 0 Å². The van der Waals surface area contributed by atoms with Gasteiger partial charge in [-0.15, -0.1) is 0 Å². The van der Waals surface area contributed by atoms with E-state index in [0.717, 1.165) is 33.8 Å². The number of amides is 3. The molecule has 0 aliphatic carbocycles. The second-order valence-electron chi connectivity index (χ2n) is 9.62. The van der Waals surface area contributed by atoms with E-state index in [0.29, 0.717) is 32.6 Å². The predicted molar refractivity (Wildman–Crippen MR) is 147 cm³/mol. The average Bonchev–Trinajstić information content (AvgIpc) is 3.23. The van der Waals surface area contributed by atoms with Crippen molar-refractivity contribution in [3.63, 3.8) is 0 Å². The lowest BCUT2D eigenvalue weighted by Gasteiger charge is -2.34. The number of rotatable bonds is 9. The number of likely N-dealkylation sites (tertiary alicyclic amines) is 1. The predicted octanol–water partition coefficient (Wildman–Crippen LogP) is 4.51. The highest BCUT2D eigenvalue weighted by molar-refractivity contribution is 9.10. The molecule has 4 rings (SSSR count). The lowest BCUT2D eigenvalue weighted by Crippen LogP contribution is -2.44. The Morgan fingerprint density at radius 2 is 1.89 bits per heavy atom. The molecular formula is C28H33BrN4O4. The van der Waals surface area contributed by atoms with Gasteiger partial charge in [0.25, 0.3) is 0 Å². The molecular weight excluding hydrogens is 536 g/mol. The highest BCUT2D eigenvalue weighted by Gasteiger charge is 2.29. The Hall–Kier alpha value is -3.33. The number of carbonyl (C=O) groups excluding carboxylic acids is 2. The van der Waals surface area contributed by atoms with E-state index in [4.69, 9.17) is 0 Å². The van der Waals surface area contributed by atoms with E-state index in [1.807, 2.05) is 41.3 Å². The largest absolute Gasteiger partial charge is 0.465 e. The molecule has 3 N–H and O–H groups in total. The minimum absolute atomic E-state index is 0.0403. The van der Waals surface area contributed by atoms with Gasteiger partial charge in [-0.2, -0.15) is 0 Å². The number of hydrogen-bond acceptors (Lipinski definition) is 3. The van der Waals surface area contributed by atoms with Crippen LogP contribution in [0, 0.1) is 0 Å². The first-order chi connectivity index (χ1) is 17.8. The zero-order valence-electron chi connectivity index (χ0n) is 21.0. The summed E-state index contributed by atoms with van der Waals surface area (Å²) in [4.78, 5) is 38.1. The summed E-state index contributed by atoms with van der Waals surface area (Å²) in [6.07, 6.45) is 1.28. The third kappa shape index (κ3) is 7.13. The van der Waals surface area contributed by atoms with Crippen molar-refractivity contribution >= 4 is 44.7 Å². The van der Waals surface area contributed by atoms with Crippen LogP contribution in [0.3, 0.4) is 0 Å². The molecule has 37 heavy (non-hydrogen) atoms. The standard InChI is InChI=1S/C28H33BrN4O4/c1-19(34)30-12-14-33-25-7-3-2-5-21(25)16-26(33)22-6-4-13-32(18-22)27(35)17-24(31-28(36)37)15-20-8-10-23(29)11-9-20/h2-3,5,7-11,16,22,24,31H,4,6,12-15,17-18H2,1H3,(H,30,34)(H,36,37)/t22?,24-/m1/s1. The Balaban J connectivity index is 1.48. The minimum atomic E-state index is -1.13. The molecule has 2 aromatic carbocycles.